The summed E-state index contributed by atoms with van der Waals surface area (Å²) in [5.74, 6) is -4.43. The molecule has 0 aromatic heterocycles. The minimum atomic E-state index is -1.80. The van der Waals surface area contributed by atoms with Gasteiger partial charge in [0, 0.05) is 31.9 Å². The number of hydrogen-bond donors (Lipinski definition) is 3. The predicted molar refractivity (Wildman–Crippen MR) is 191 cm³/mol. The lowest BCUT2D eigenvalue weighted by Crippen LogP contribution is -2.60. The topological polar surface area (TPSA) is 198 Å². The largest absolute Gasteiger partial charge is 0.509 e. The van der Waals surface area contributed by atoms with Gasteiger partial charge in [0.25, 0.3) is 0 Å². The Balaban J connectivity index is 1.83. The molecule has 0 amide bonds. The highest BCUT2D eigenvalue weighted by Gasteiger charge is 2.59. The molecule has 3 N–H and O–H groups in total. The summed E-state index contributed by atoms with van der Waals surface area (Å²) in [6.45, 7) is 16.6. The Labute approximate surface area is 319 Å². The van der Waals surface area contributed by atoms with Gasteiger partial charge in [-0.3, -0.25) is 9.59 Å². The van der Waals surface area contributed by atoms with Crippen LogP contribution in [-0.4, -0.2) is 150 Å². The van der Waals surface area contributed by atoms with Gasteiger partial charge < -0.3 is 62.9 Å². The maximum absolute atomic E-state index is 14.3. The van der Waals surface area contributed by atoms with E-state index >= 15 is 0 Å². The molecule has 4 saturated heterocycles. The Kier molecular flexibility index (Phi) is 14.1. The minimum Gasteiger partial charge on any atom is -0.462 e. The summed E-state index contributed by atoms with van der Waals surface area (Å²) < 4.78 is 54.4. The van der Waals surface area contributed by atoms with Crippen LogP contribution in [0.4, 0.5) is 4.79 Å². The minimum absolute atomic E-state index is 0.0872. The number of methoxy groups -OCH3 is 1. The van der Waals surface area contributed by atoms with E-state index in [0.29, 0.717) is 6.42 Å². The second-order valence-electron chi connectivity index (χ2n) is 16.8. The van der Waals surface area contributed by atoms with E-state index < -0.39 is 114 Å². The van der Waals surface area contributed by atoms with E-state index in [1.54, 1.807) is 48.5 Å². The summed E-state index contributed by atoms with van der Waals surface area (Å²) in [6, 6.07) is -0.332. The van der Waals surface area contributed by atoms with E-state index in [-0.39, 0.29) is 31.4 Å². The van der Waals surface area contributed by atoms with Crippen molar-refractivity contribution in [3.8, 4) is 0 Å². The molecule has 312 valence electrons. The van der Waals surface area contributed by atoms with Crippen molar-refractivity contribution < 1.29 is 72.3 Å². The standard InChI is InChI=1S/C38H65NO15/c1-14-25-38(10)31(53-35(44)54-38)22(6)33(43)47-19(3)16-36(8,45)30(52-34-27(40)24(39(11)12)15-18(2)48-34)20(4)28(21(5)32(42)50-25)51-26-17-37(9,46-13)29(41)23(7)49-26/h18-31,34,40-41,45H,14-17H2,1-13H3/t18-,19-,20+,21-,22-,23+,24+,25?,26+,27-,28+,29+,30-,31-,34+,36-,37-,38-/m1/s1. The van der Waals surface area contributed by atoms with E-state index in [2.05, 4.69) is 0 Å². The zero-order valence-electron chi connectivity index (χ0n) is 34.2. The highest BCUT2D eigenvalue weighted by molar-refractivity contribution is 5.76. The number of cyclic esters (lactones) is 2. The molecule has 0 saturated carbocycles. The van der Waals surface area contributed by atoms with Crippen LogP contribution in [0.15, 0.2) is 0 Å². The molecule has 16 nitrogen and oxygen atoms in total. The van der Waals surface area contributed by atoms with Crippen LogP contribution in [-0.2, 0) is 52.2 Å². The normalized spacial score (nSPS) is 48.5. The van der Waals surface area contributed by atoms with Crippen LogP contribution in [0.1, 0.15) is 94.9 Å². The fourth-order valence-electron chi connectivity index (χ4n) is 8.76. The SMILES string of the molecule is CCC1OC(=O)[C@H](C)[C@@H](O[C@H]2C[C@@](C)(OC)[C@@H](O)[C@H](C)O2)[C@H](C)[C@@H](O[C@@H]2O[C@H](C)C[C@H](N(C)C)[C@H]2O)[C@](C)(O)C[C@@H](C)OC(=O)[C@H](C)[C@H]2OC(=O)O[C@]12C. The van der Waals surface area contributed by atoms with Crippen LogP contribution in [0, 0.1) is 17.8 Å². The van der Waals surface area contributed by atoms with Gasteiger partial charge in [-0.25, -0.2) is 4.79 Å². The van der Waals surface area contributed by atoms with Gasteiger partial charge in [0.05, 0.1) is 47.5 Å². The number of nitrogens with zero attached hydrogens (tertiary/aromatic N) is 1. The second kappa shape index (κ2) is 17.1. The zero-order chi connectivity index (χ0) is 40.7. The van der Waals surface area contributed by atoms with Gasteiger partial charge in [0.2, 0.25) is 0 Å². The molecule has 0 aromatic carbocycles. The van der Waals surface area contributed by atoms with Crippen LogP contribution >= 0.6 is 0 Å². The Bertz CT molecular complexity index is 1320. The van der Waals surface area contributed by atoms with Crippen molar-refractivity contribution in [2.45, 2.75) is 185 Å². The Morgan fingerprint density at radius 2 is 1.48 bits per heavy atom. The summed E-state index contributed by atoms with van der Waals surface area (Å²) in [7, 11) is 5.18. The highest BCUT2D eigenvalue weighted by Crippen LogP contribution is 2.42. The van der Waals surface area contributed by atoms with Crippen molar-refractivity contribution in [2.75, 3.05) is 21.2 Å². The second-order valence-corrected chi connectivity index (χ2v) is 16.8. The first-order valence-electron chi connectivity index (χ1n) is 19.2. The van der Waals surface area contributed by atoms with Crippen molar-refractivity contribution in [2.24, 2.45) is 17.8 Å². The van der Waals surface area contributed by atoms with Crippen LogP contribution in [0.5, 0.6) is 0 Å². The summed E-state index contributed by atoms with van der Waals surface area (Å²) in [5, 5.41) is 34.9. The molecule has 4 heterocycles. The summed E-state index contributed by atoms with van der Waals surface area (Å²) in [5.41, 5.74) is -4.42. The molecule has 0 aromatic rings. The molecule has 0 aliphatic carbocycles. The van der Waals surface area contributed by atoms with Crippen LogP contribution in [0.3, 0.4) is 0 Å². The summed E-state index contributed by atoms with van der Waals surface area (Å²) >= 11 is 0. The van der Waals surface area contributed by atoms with Gasteiger partial charge in [0.1, 0.15) is 24.4 Å². The van der Waals surface area contributed by atoms with Crippen LogP contribution in [0.25, 0.3) is 0 Å². The Morgan fingerprint density at radius 1 is 0.852 bits per heavy atom. The Hall–Kier alpha value is -2.15. The molecular formula is C38H65NO15. The third-order valence-corrected chi connectivity index (χ3v) is 12.0. The number of carbonyl (C=O) groups is 3. The van der Waals surface area contributed by atoms with Crippen LogP contribution < -0.4 is 0 Å². The summed E-state index contributed by atoms with van der Waals surface area (Å²) in [6.07, 6.45) is -11.1. The molecule has 18 atom stereocenters. The van der Waals surface area contributed by atoms with Crippen molar-refractivity contribution in [3.05, 3.63) is 0 Å². The van der Waals surface area contributed by atoms with E-state index in [1.807, 2.05) is 25.9 Å². The molecule has 4 fully saturated rings. The van der Waals surface area contributed by atoms with E-state index in [9.17, 15) is 29.7 Å². The maximum Gasteiger partial charge on any atom is 0.509 e. The highest BCUT2D eigenvalue weighted by atomic mass is 16.8. The van der Waals surface area contributed by atoms with Crippen molar-refractivity contribution in [3.63, 3.8) is 0 Å². The lowest BCUT2D eigenvalue weighted by molar-refractivity contribution is -0.318. The fraction of sp³-hybridized carbons (Fsp3) is 0.921. The van der Waals surface area contributed by atoms with Crippen molar-refractivity contribution >= 4 is 18.1 Å². The molecule has 4 aliphatic rings. The number of ether oxygens (including phenoxy) is 9. The molecule has 4 aliphatic heterocycles. The van der Waals surface area contributed by atoms with Crippen molar-refractivity contribution in [1.82, 2.24) is 4.90 Å². The molecule has 0 bridgehead atoms. The number of esters is 2. The first kappa shape index (κ1) is 44.6. The van der Waals surface area contributed by atoms with E-state index in [4.69, 9.17) is 42.6 Å². The molecule has 16 heteroatoms. The molecule has 54 heavy (non-hydrogen) atoms. The quantitative estimate of drug-likeness (QED) is 0.252. The zero-order valence-corrected chi connectivity index (χ0v) is 34.2. The monoisotopic (exact) mass is 775 g/mol. The number of rotatable bonds is 7. The average molecular weight is 776 g/mol. The summed E-state index contributed by atoms with van der Waals surface area (Å²) in [4.78, 5) is 42.4. The number of aliphatic hydroxyl groups excluding tert-OH is 2. The number of fused-ring (bicyclic) bond motifs is 1. The first-order chi connectivity index (χ1) is 25.0. The number of hydrogen-bond acceptors (Lipinski definition) is 16. The molecular weight excluding hydrogens is 710 g/mol. The average Bonchev–Trinajstić information content (AvgIpc) is 3.40. The van der Waals surface area contributed by atoms with E-state index in [0.717, 1.165) is 0 Å². The van der Waals surface area contributed by atoms with Crippen LogP contribution in [0.2, 0.25) is 0 Å². The van der Waals surface area contributed by atoms with E-state index in [1.165, 1.54) is 21.0 Å². The van der Waals surface area contributed by atoms with Gasteiger partial charge in [-0.15, -0.1) is 0 Å². The molecule has 1 unspecified atom stereocenters. The van der Waals surface area contributed by atoms with Gasteiger partial charge in [-0.2, -0.15) is 0 Å². The predicted octanol–water partition coefficient (Wildman–Crippen LogP) is 2.69. The molecule has 4 rings (SSSR count). The third-order valence-electron chi connectivity index (χ3n) is 12.0. The number of aliphatic hydroxyl groups is 3. The fourth-order valence-corrected chi connectivity index (χ4v) is 8.76. The van der Waals surface area contributed by atoms with Gasteiger partial charge in [-0.05, 0) is 82.3 Å². The first-order valence-corrected chi connectivity index (χ1v) is 19.2. The van der Waals surface area contributed by atoms with Gasteiger partial charge in [-0.1, -0.05) is 13.8 Å². The third kappa shape index (κ3) is 9.18. The Morgan fingerprint density at radius 3 is 2.07 bits per heavy atom. The van der Waals surface area contributed by atoms with Gasteiger partial charge >= 0.3 is 18.1 Å². The number of likely N-dealkylation sites (N-methyl/N-ethyl adjacent to an activating group) is 1. The maximum atomic E-state index is 14.3. The smallest absolute Gasteiger partial charge is 0.462 e. The number of carbonyl (C=O) groups excluding carboxylic acids is 3. The lowest BCUT2D eigenvalue weighted by Gasteiger charge is -2.48. The van der Waals surface area contributed by atoms with Gasteiger partial charge in [0.15, 0.2) is 24.3 Å². The van der Waals surface area contributed by atoms with Crippen molar-refractivity contribution in [1.29, 1.82) is 0 Å². The lowest BCUT2D eigenvalue weighted by atomic mass is 9.79. The molecule has 0 spiro atoms. The molecule has 0 radical (unpaired) electrons.